The molecule has 4 rings (SSSR count). The zero-order valence-corrected chi connectivity index (χ0v) is 16.6. The first kappa shape index (κ1) is 20.4. The Balaban J connectivity index is 0.000000170. The third-order valence-corrected chi connectivity index (χ3v) is 5.26. The van der Waals surface area contributed by atoms with Gasteiger partial charge in [-0.15, -0.1) is 17.9 Å². The quantitative estimate of drug-likeness (QED) is 0.520. The topological polar surface area (TPSA) is 71.6 Å². The van der Waals surface area contributed by atoms with Gasteiger partial charge in [0.15, 0.2) is 0 Å². The van der Waals surface area contributed by atoms with E-state index in [0.29, 0.717) is 18.6 Å². The Hall–Kier alpha value is -3.32. The zero-order chi connectivity index (χ0) is 20.6. The number of nitrogens with two attached hydrogens (primary N) is 1. The predicted octanol–water partition coefficient (Wildman–Crippen LogP) is 3.24. The lowest BCUT2D eigenvalue weighted by atomic mass is 10.0. The molecule has 1 amide bonds. The third-order valence-electron chi connectivity index (χ3n) is 4.34. The van der Waals surface area contributed by atoms with Gasteiger partial charge in [0.25, 0.3) is 0 Å². The molecule has 3 aromatic rings. The van der Waals surface area contributed by atoms with Crippen LogP contribution in [-0.2, 0) is 4.79 Å². The number of carbonyl (C=O) groups excluding carboxylic acids is 1. The highest BCUT2D eigenvalue weighted by Gasteiger charge is 2.13. The van der Waals surface area contributed by atoms with Crippen LogP contribution in [0.15, 0.2) is 71.8 Å². The van der Waals surface area contributed by atoms with Crippen molar-refractivity contribution in [3.8, 4) is 0 Å². The van der Waals surface area contributed by atoms with Gasteiger partial charge in [0.2, 0.25) is 6.41 Å². The summed E-state index contributed by atoms with van der Waals surface area (Å²) in [4.78, 5) is 20.8. The standard InChI is InChI=1S/C12H11N3S.C10H10FNO/c13-10-7-16-12-9(10)3-4-11(15-12)8-2-1-5-14-6-8;1-2-7-12(8-13)10-5-3-9(11)4-6-10/h1-3,5-7,11H,4,13H2;2-6,8H,1,7H2. The molecule has 0 aliphatic carbocycles. The van der Waals surface area contributed by atoms with Crippen LogP contribution in [0.4, 0.5) is 15.8 Å². The van der Waals surface area contributed by atoms with Gasteiger partial charge < -0.3 is 10.6 Å². The summed E-state index contributed by atoms with van der Waals surface area (Å²) in [5.74, 6) is -0.312. The Morgan fingerprint density at radius 2 is 2.10 bits per heavy atom. The second kappa shape index (κ2) is 9.75. The smallest absolute Gasteiger partial charge is 0.214 e. The number of hydrogen-bond acceptors (Lipinski definition) is 5. The summed E-state index contributed by atoms with van der Waals surface area (Å²) in [6.07, 6.45) is 9.03. The number of rotatable bonds is 5. The first-order chi connectivity index (χ1) is 14.1. The molecule has 2 aromatic heterocycles. The number of benzene rings is 1. The lowest BCUT2D eigenvalue weighted by molar-refractivity contribution is -0.107. The maximum absolute atomic E-state index is 12.5. The van der Waals surface area contributed by atoms with Gasteiger partial charge in [0.1, 0.15) is 10.5 Å². The summed E-state index contributed by atoms with van der Waals surface area (Å²) >= 11 is 1.61. The molecule has 1 aliphatic rings. The Kier molecular flexibility index (Phi) is 6.86. The zero-order valence-electron chi connectivity index (χ0n) is 15.7. The van der Waals surface area contributed by atoms with Crippen molar-refractivity contribution in [2.24, 2.45) is 4.99 Å². The maximum atomic E-state index is 12.5. The van der Waals surface area contributed by atoms with Crippen LogP contribution in [0, 0.1) is 5.82 Å². The lowest BCUT2D eigenvalue weighted by Gasteiger charge is -2.14. The Morgan fingerprint density at radius 3 is 2.76 bits per heavy atom. The van der Waals surface area contributed by atoms with Gasteiger partial charge in [-0.3, -0.25) is 14.8 Å². The van der Waals surface area contributed by atoms with Gasteiger partial charge in [0, 0.05) is 35.2 Å². The van der Waals surface area contributed by atoms with Crippen LogP contribution >= 0.6 is 11.3 Å². The lowest BCUT2D eigenvalue weighted by Crippen LogP contribution is -2.26. The van der Waals surface area contributed by atoms with E-state index in [-0.39, 0.29) is 11.9 Å². The summed E-state index contributed by atoms with van der Waals surface area (Å²) in [6, 6.07) is 9.93. The summed E-state index contributed by atoms with van der Waals surface area (Å²) < 4.78 is 13.6. The molecule has 7 heteroatoms. The average Bonchev–Trinajstić information content (AvgIpc) is 3.14. The second-order valence-corrected chi connectivity index (χ2v) is 7.16. The van der Waals surface area contributed by atoms with E-state index in [1.165, 1.54) is 17.0 Å². The molecular weight excluding hydrogens is 387 g/mol. The largest absolute Gasteiger partial charge is 0.398 e. The molecule has 0 fully saturated rings. The van der Waals surface area contributed by atoms with Crippen LogP contribution in [0.3, 0.4) is 0 Å². The van der Waals surface area contributed by atoms with Gasteiger partial charge in [-0.2, -0.15) is 0 Å². The third kappa shape index (κ3) is 5.14. The van der Waals surface area contributed by atoms with E-state index >= 15 is 0 Å². The molecule has 5 nitrogen and oxygen atoms in total. The highest BCUT2D eigenvalue weighted by molar-refractivity contribution is 7.07. The molecular formula is C22H21FN4OS. The maximum Gasteiger partial charge on any atom is 0.214 e. The highest BCUT2D eigenvalue weighted by Crippen LogP contribution is 2.22. The van der Waals surface area contributed by atoms with E-state index in [1.54, 1.807) is 35.7 Å². The fraction of sp³-hybridized carbons (Fsp3) is 0.136. The summed E-state index contributed by atoms with van der Waals surface area (Å²) in [5, 5.41) is 3.06. The minimum Gasteiger partial charge on any atom is -0.398 e. The fourth-order valence-electron chi connectivity index (χ4n) is 2.86. The SMILES string of the molecule is C=CCN(C=O)c1ccc(F)cc1.Nc1csc2c1=CCC(c1cccnc1)N=2. The first-order valence-corrected chi connectivity index (χ1v) is 9.89. The number of pyridine rings is 1. The van der Waals surface area contributed by atoms with Crippen molar-refractivity contribution in [3.63, 3.8) is 0 Å². The van der Waals surface area contributed by atoms with E-state index in [4.69, 9.17) is 10.7 Å². The van der Waals surface area contributed by atoms with Crippen molar-refractivity contribution in [1.82, 2.24) is 4.98 Å². The van der Waals surface area contributed by atoms with Gasteiger partial charge >= 0.3 is 0 Å². The van der Waals surface area contributed by atoms with E-state index < -0.39 is 0 Å². The second-order valence-electron chi connectivity index (χ2n) is 6.30. The van der Waals surface area contributed by atoms with Crippen molar-refractivity contribution in [2.45, 2.75) is 12.5 Å². The molecule has 2 N–H and O–H groups in total. The molecule has 0 spiro atoms. The fourth-order valence-corrected chi connectivity index (χ4v) is 3.75. The van der Waals surface area contributed by atoms with E-state index in [9.17, 15) is 9.18 Å². The van der Waals surface area contributed by atoms with Crippen LogP contribution in [0.25, 0.3) is 6.08 Å². The van der Waals surface area contributed by atoms with Crippen LogP contribution in [0.5, 0.6) is 0 Å². The molecule has 0 saturated heterocycles. The number of nitrogen functional groups attached to an aromatic ring is 1. The number of amides is 1. The molecule has 0 bridgehead atoms. The molecule has 3 heterocycles. The molecule has 0 radical (unpaired) electrons. The Morgan fingerprint density at radius 1 is 1.31 bits per heavy atom. The summed E-state index contributed by atoms with van der Waals surface area (Å²) in [7, 11) is 0. The Bertz CT molecular complexity index is 1080. The van der Waals surface area contributed by atoms with Gasteiger partial charge in [-0.25, -0.2) is 4.39 Å². The molecule has 0 saturated carbocycles. The molecule has 29 heavy (non-hydrogen) atoms. The van der Waals surface area contributed by atoms with Crippen LogP contribution < -0.4 is 20.5 Å². The average molecular weight is 409 g/mol. The number of thiophene rings is 1. The normalized spacial score (nSPS) is 14.3. The minimum absolute atomic E-state index is 0.194. The number of aromatic nitrogens is 1. The van der Waals surface area contributed by atoms with Crippen LogP contribution in [0.2, 0.25) is 0 Å². The molecule has 1 unspecified atom stereocenters. The number of fused-ring (bicyclic) bond motifs is 1. The number of halogens is 1. The van der Waals surface area contributed by atoms with Gasteiger partial charge in [0.05, 0.1) is 11.7 Å². The summed E-state index contributed by atoms with van der Waals surface area (Å²) in [6.45, 7) is 3.94. The predicted molar refractivity (Wildman–Crippen MR) is 116 cm³/mol. The molecule has 1 aliphatic heterocycles. The molecule has 1 atom stereocenters. The molecule has 148 valence electrons. The Labute approximate surface area is 172 Å². The van der Waals surface area contributed by atoms with Crippen LogP contribution in [-0.4, -0.2) is 17.9 Å². The number of nitrogens with zero attached hydrogens (tertiary/aromatic N) is 3. The molecule has 1 aromatic carbocycles. The number of anilines is 2. The highest BCUT2D eigenvalue weighted by atomic mass is 32.1. The van der Waals surface area contributed by atoms with E-state index in [2.05, 4.69) is 23.7 Å². The van der Waals surface area contributed by atoms with Crippen molar-refractivity contribution in [3.05, 3.63) is 88.1 Å². The van der Waals surface area contributed by atoms with Crippen molar-refractivity contribution in [2.75, 3.05) is 17.2 Å². The van der Waals surface area contributed by atoms with E-state index in [1.807, 2.05) is 17.6 Å². The monoisotopic (exact) mass is 408 g/mol. The van der Waals surface area contributed by atoms with Crippen molar-refractivity contribution < 1.29 is 9.18 Å². The minimum atomic E-state index is -0.312. The van der Waals surface area contributed by atoms with Crippen molar-refractivity contribution in [1.29, 1.82) is 0 Å². The van der Waals surface area contributed by atoms with Gasteiger partial charge in [-0.1, -0.05) is 18.2 Å². The van der Waals surface area contributed by atoms with Gasteiger partial charge in [-0.05, 0) is 42.3 Å². The first-order valence-electron chi connectivity index (χ1n) is 9.01. The van der Waals surface area contributed by atoms with Crippen LogP contribution in [0.1, 0.15) is 18.0 Å². The number of hydrogen-bond donors (Lipinski definition) is 1. The van der Waals surface area contributed by atoms with Crippen molar-refractivity contribution >= 4 is 35.2 Å². The number of carbonyl (C=O) groups is 1. The summed E-state index contributed by atoms with van der Waals surface area (Å²) in [5.41, 5.74) is 8.52. The van der Waals surface area contributed by atoms with E-state index in [0.717, 1.165) is 27.6 Å².